The van der Waals surface area contributed by atoms with Crippen LogP contribution in [0.2, 0.25) is 0 Å². The fourth-order valence-electron chi connectivity index (χ4n) is 2.61. The van der Waals surface area contributed by atoms with Crippen molar-refractivity contribution in [3.8, 4) is 0 Å². The fourth-order valence-corrected chi connectivity index (χ4v) is 2.61. The van der Waals surface area contributed by atoms with Crippen LogP contribution in [-0.4, -0.2) is 54.4 Å². The van der Waals surface area contributed by atoms with Crippen molar-refractivity contribution in [2.24, 2.45) is 0 Å². The molecular formula is C8H8O7. The molecule has 15 heavy (non-hydrogen) atoms. The average Bonchev–Trinajstić information content (AvgIpc) is 2.23. The van der Waals surface area contributed by atoms with Crippen LogP contribution < -0.4 is 0 Å². The quantitative estimate of drug-likeness (QED) is 0.505. The molecule has 4 atom stereocenters. The minimum atomic E-state index is -0.843. The number of aliphatic hydroxyl groups is 1. The summed E-state index contributed by atoms with van der Waals surface area (Å²) in [6.07, 6.45) is -4.34. The molecule has 4 saturated heterocycles. The zero-order chi connectivity index (χ0) is 10.2. The highest BCUT2D eigenvalue weighted by Gasteiger charge is 2.66. The summed E-state index contributed by atoms with van der Waals surface area (Å²) in [4.78, 5) is 11.1. The number of carbonyl (C=O) groups excluding carboxylic acids is 1. The topological polar surface area (TPSA) is 83.5 Å². The molecular weight excluding hydrogens is 208 g/mol. The molecule has 5 rings (SSSR count). The van der Waals surface area contributed by atoms with Crippen molar-refractivity contribution in [3.63, 3.8) is 0 Å². The highest BCUT2D eigenvalue weighted by molar-refractivity contribution is 5.62. The Kier molecular flexibility index (Phi) is 1.34. The zero-order valence-corrected chi connectivity index (χ0v) is 7.44. The van der Waals surface area contributed by atoms with Crippen molar-refractivity contribution in [3.05, 3.63) is 0 Å². The molecule has 1 aliphatic carbocycles. The first-order valence-corrected chi connectivity index (χ1v) is 4.76. The number of hydrogen-bond donors (Lipinski definition) is 1. The third-order valence-corrected chi connectivity index (χ3v) is 3.24. The number of ether oxygens (including phenoxy) is 5. The number of rotatable bonds is 0. The van der Waals surface area contributed by atoms with Crippen LogP contribution in [-0.2, 0) is 23.7 Å². The van der Waals surface area contributed by atoms with Gasteiger partial charge in [-0.05, 0) is 0 Å². The first kappa shape index (κ1) is 8.28. The minimum absolute atomic E-state index is 0.395. The van der Waals surface area contributed by atoms with Gasteiger partial charge in [-0.3, -0.25) is 0 Å². The van der Waals surface area contributed by atoms with Crippen molar-refractivity contribution in [2.75, 3.05) is 0 Å². The summed E-state index contributed by atoms with van der Waals surface area (Å²) in [7, 11) is 0. The Labute approximate surface area is 83.8 Å². The number of hydrogen-bond acceptors (Lipinski definition) is 7. The molecule has 82 valence electrons. The van der Waals surface area contributed by atoms with Crippen LogP contribution >= 0.6 is 0 Å². The van der Waals surface area contributed by atoms with Crippen LogP contribution in [0.1, 0.15) is 0 Å². The highest BCUT2D eigenvalue weighted by Crippen LogP contribution is 2.44. The third kappa shape index (κ3) is 0.871. The van der Waals surface area contributed by atoms with E-state index in [1.807, 2.05) is 0 Å². The van der Waals surface area contributed by atoms with Crippen molar-refractivity contribution < 1.29 is 33.6 Å². The summed E-state index contributed by atoms with van der Waals surface area (Å²) in [6, 6.07) is 0. The van der Waals surface area contributed by atoms with E-state index >= 15 is 0 Å². The van der Waals surface area contributed by atoms with E-state index in [-0.39, 0.29) is 0 Å². The van der Waals surface area contributed by atoms with Gasteiger partial charge in [-0.2, -0.15) is 0 Å². The second kappa shape index (κ2) is 2.43. The minimum Gasteiger partial charge on any atom is -0.425 e. The van der Waals surface area contributed by atoms with Gasteiger partial charge in [0.25, 0.3) is 6.48 Å². The van der Waals surface area contributed by atoms with E-state index in [9.17, 15) is 9.90 Å². The van der Waals surface area contributed by atoms with Crippen LogP contribution in [0.5, 0.6) is 0 Å². The van der Waals surface area contributed by atoms with E-state index in [4.69, 9.17) is 23.7 Å². The van der Waals surface area contributed by atoms with Gasteiger partial charge < -0.3 is 28.8 Å². The van der Waals surface area contributed by atoms with Gasteiger partial charge in [-0.25, -0.2) is 4.79 Å². The van der Waals surface area contributed by atoms with Crippen molar-refractivity contribution in [1.82, 2.24) is 0 Å². The average molecular weight is 216 g/mol. The first-order chi connectivity index (χ1) is 7.24. The summed E-state index contributed by atoms with van der Waals surface area (Å²) in [6.45, 7) is -0.777. The van der Waals surface area contributed by atoms with Crippen LogP contribution in [0.25, 0.3) is 0 Å². The molecule has 1 saturated carbocycles. The van der Waals surface area contributed by atoms with Gasteiger partial charge in [0, 0.05) is 0 Å². The van der Waals surface area contributed by atoms with Gasteiger partial charge in [0.05, 0.1) is 0 Å². The lowest BCUT2D eigenvalue weighted by Gasteiger charge is -2.58. The van der Waals surface area contributed by atoms with Gasteiger partial charge >= 0.3 is 6.16 Å². The fraction of sp³-hybridized carbons (Fsp3) is 0.875. The van der Waals surface area contributed by atoms with E-state index in [1.54, 1.807) is 0 Å². The Balaban J connectivity index is 1.79. The lowest BCUT2D eigenvalue weighted by Crippen LogP contribution is -2.78. The van der Waals surface area contributed by atoms with Crippen molar-refractivity contribution in [1.29, 1.82) is 0 Å². The summed E-state index contributed by atoms with van der Waals surface area (Å²) >= 11 is 0. The lowest BCUT2D eigenvalue weighted by molar-refractivity contribution is -0.489. The van der Waals surface area contributed by atoms with Gasteiger partial charge in [-0.1, -0.05) is 0 Å². The lowest BCUT2D eigenvalue weighted by atomic mass is 9.82. The molecule has 4 aliphatic heterocycles. The largest absolute Gasteiger partial charge is 0.509 e. The maximum Gasteiger partial charge on any atom is 0.509 e. The Morgan fingerprint density at radius 2 is 1.40 bits per heavy atom. The normalized spacial score (nSPS) is 60.1. The molecule has 0 aromatic carbocycles. The van der Waals surface area contributed by atoms with E-state index in [0.717, 1.165) is 0 Å². The predicted molar refractivity (Wildman–Crippen MR) is 39.6 cm³/mol. The molecule has 0 aromatic heterocycles. The molecule has 0 aromatic rings. The van der Waals surface area contributed by atoms with Gasteiger partial charge in [0.2, 0.25) is 0 Å². The van der Waals surface area contributed by atoms with Gasteiger partial charge in [-0.15, -0.1) is 0 Å². The van der Waals surface area contributed by atoms with Crippen molar-refractivity contribution in [2.45, 2.75) is 43.1 Å². The summed E-state index contributed by atoms with van der Waals surface area (Å²) in [5.41, 5.74) is 0. The smallest absolute Gasteiger partial charge is 0.425 e. The monoisotopic (exact) mass is 216 g/mol. The number of aliphatic hydroxyl groups excluding tert-OH is 1. The maximum atomic E-state index is 11.1. The molecule has 5 aliphatic rings. The molecule has 6 bridgehead atoms. The SMILES string of the molecule is O=C1OC2C3OC4OC(C3O)C(O1)C2O4. The van der Waals surface area contributed by atoms with Crippen LogP contribution in [0.3, 0.4) is 0 Å². The maximum absolute atomic E-state index is 11.1. The summed E-state index contributed by atoms with van der Waals surface area (Å²) < 4.78 is 25.7. The first-order valence-electron chi connectivity index (χ1n) is 4.76. The van der Waals surface area contributed by atoms with Crippen LogP contribution in [0.15, 0.2) is 0 Å². The standard InChI is InChI=1S/C8H8O7/c9-1-2-4-6-5(12-7(10)11-4)3(1)14-8(13-2)15-6/h1-6,8-9H. The predicted octanol–water partition coefficient (Wildman–Crippen LogP) is -1.27. The highest BCUT2D eigenvalue weighted by atomic mass is 16.9. The Bertz CT molecular complexity index is 291. The molecule has 4 heterocycles. The Morgan fingerprint density at radius 1 is 0.867 bits per heavy atom. The van der Waals surface area contributed by atoms with Crippen molar-refractivity contribution >= 4 is 6.16 Å². The molecule has 0 amide bonds. The molecule has 7 heteroatoms. The van der Waals surface area contributed by atoms with E-state index in [0.29, 0.717) is 0 Å². The molecule has 5 fully saturated rings. The van der Waals surface area contributed by atoms with E-state index < -0.39 is 49.3 Å². The molecule has 7 nitrogen and oxygen atoms in total. The number of carbonyl (C=O) groups is 1. The summed E-state index contributed by atoms with van der Waals surface area (Å²) in [5.74, 6) is 0. The zero-order valence-electron chi connectivity index (χ0n) is 7.44. The third-order valence-electron chi connectivity index (χ3n) is 3.24. The molecule has 1 N–H and O–H groups in total. The molecule has 0 radical (unpaired) electrons. The molecule has 0 spiro atoms. The van der Waals surface area contributed by atoms with Gasteiger partial charge in [0.1, 0.15) is 24.4 Å². The Hall–Kier alpha value is -0.890. The molecule has 4 unspecified atom stereocenters. The van der Waals surface area contributed by atoms with E-state index in [2.05, 4.69) is 0 Å². The Morgan fingerprint density at radius 3 is 2.00 bits per heavy atom. The van der Waals surface area contributed by atoms with Crippen LogP contribution in [0.4, 0.5) is 4.79 Å². The second-order valence-corrected chi connectivity index (χ2v) is 4.00. The van der Waals surface area contributed by atoms with Crippen LogP contribution in [0, 0.1) is 0 Å². The van der Waals surface area contributed by atoms with E-state index in [1.165, 1.54) is 0 Å². The summed E-state index contributed by atoms with van der Waals surface area (Å²) in [5, 5.41) is 9.84. The second-order valence-electron chi connectivity index (χ2n) is 4.00. The van der Waals surface area contributed by atoms with Gasteiger partial charge in [0.15, 0.2) is 12.2 Å².